The van der Waals surface area contributed by atoms with E-state index in [9.17, 15) is 15.0 Å². The number of fused-ring (bicyclic) bond motifs is 1. The van der Waals surface area contributed by atoms with Crippen LogP contribution in [0.5, 0.6) is 11.5 Å². The number of hydrogen-bond acceptors (Lipinski definition) is 3. The number of aromatic hydroxyl groups is 1. The number of rotatable bonds is 4. The zero-order valence-corrected chi connectivity index (χ0v) is 13.1. The highest BCUT2D eigenvalue weighted by Gasteiger charge is 2.15. The van der Waals surface area contributed by atoms with E-state index >= 15 is 0 Å². The van der Waals surface area contributed by atoms with Gasteiger partial charge in [0.25, 0.3) is 0 Å². The van der Waals surface area contributed by atoms with Gasteiger partial charge in [-0.3, -0.25) is 0 Å². The maximum Gasteiger partial charge on any atom is 0.336 e. The van der Waals surface area contributed by atoms with E-state index in [0.29, 0.717) is 16.9 Å². The third-order valence-corrected chi connectivity index (χ3v) is 3.86. The fraction of sp³-hybridized carbons (Fsp3) is 0.0500. The van der Waals surface area contributed by atoms with Gasteiger partial charge in [-0.2, -0.15) is 0 Å². The number of carboxylic acid groups (broad SMARTS) is 1. The minimum absolute atomic E-state index is 0.0843. The van der Waals surface area contributed by atoms with Crippen LogP contribution in [0.25, 0.3) is 22.4 Å². The molecule has 3 aromatic rings. The number of methoxy groups -OCH3 is 1. The van der Waals surface area contributed by atoms with Gasteiger partial charge in [0.1, 0.15) is 0 Å². The molecule has 3 rings (SSSR count). The third kappa shape index (κ3) is 2.82. The molecule has 0 amide bonds. The fourth-order valence-electron chi connectivity index (χ4n) is 2.69. The minimum atomic E-state index is -1.06. The summed E-state index contributed by atoms with van der Waals surface area (Å²) >= 11 is 0. The molecule has 0 aliphatic heterocycles. The predicted molar refractivity (Wildman–Crippen MR) is 94.1 cm³/mol. The van der Waals surface area contributed by atoms with Crippen molar-refractivity contribution in [1.29, 1.82) is 0 Å². The van der Waals surface area contributed by atoms with Crippen LogP contribution in [-0.2, 0) is 4.79 Å². The van der Waals surface area contributed by atoms with Crippen molar-refractivity contribution in [3.63, 3.8) is 0 Å². The Kier molecular flexibility index (Phi) is 4.20. The Hall–Kier alpha value is -3.27. The highest BCUT2D eigenvalue weighted by Crippen LogP contribution is 2.33. The van der Waals surface area contributed by atoms with Crippen molar-refractivity contribution in [2.24, 2.45) is 0 Å². The van der Waals surface area contributed by atoms with Crippen LogP contribution in [0, 0.1) is 0 Å². The van der Waals surface area contributed by atoms with Crippen LogP contribution < -0.4 is 4.74 Å². The Bertz CT molecular complexity index is 936. The third-order valence-electron chi connectivity index (χ3n) is 3.86. The van der Waals surface area contributed by atoms with Crippen LogP contribution in [-0.4, -0.2) is 23.3 Å². The molecule has 0 spiro atoms. The van der Waals surface area contributed by atoms with E-state index < -0.39 is 5.97 Å². The van der Waals surface area contributed by atoms with Gasteiger partial charge < -0.3 is 14.9 Å². The summed E-state index contributed by atoms with van der Waals surface area (Å²) in [5.74, 6) is -0.848. The largest absolute Gasteiger partial charge is 0.504 e. The molecule has 0 heterocycles. The Morgan fingerprint density at radius 1 is 1.00 bits per heavy atom. The second-order valence-electron chi connectivity index (χ2n) is 5.29. The summed E-state index contributed by atoms with van der Waals surface area (Å²) in [6.07, 6.45) is 1.46. The van der Waals surface area contributed by atoms with E-state index in [0.717, 1.165) is 10.8 Å². The SMILES string of the molecule is COc1cccc(/C=C(\C(=O)O)c2cccc3ccccc23)c1O. The van der Waals surface area contributed by atoms with Crippen molar-refractivity contribution in [3.05, 3.63) is 71.8 Å². The molecule has 0 radical (unpaired) electrons. The van der Waals surface area contributed by atoms with Crippen LogP contribution in [0.15, 0.2) is 60.7 Å². The van der Waals surface area contributed by atoms with Gasteiger partial charge in [-0.25, -0.2) is 4.79 Å². The summed E-state index contributed by atoms with van der Waals surface area (Å²) in [6.45, 7) is 0. The molecule has 2 N–H and O–H groups in total. The lowest BCUT2D eigenvalue weighted by Gasteiger charge is -2.10. The molecule has 4 heteroatoms. The first kappa shape index (κ1) is 15.6. The molecular formula is C20H16O4. The standard InChI is InChI=1S/C20H16O4/c1-24-18-11-5-8-14(19(18)21)12-17(20(22)23)16-10-4-7-13-6-2-3-9-15(13)16/h2-12,21H,1H3,(H,22,23)/b17-12-. The number of phenols is 1. The van der Waals surface area contributed by atoms with Gasteiger partial charge in [0.05, 0.1) is 12.7 Å². The second-order valence-corrected chi connectivity index (χ2v) is 5.29. The summed E-state index contributed by atoms with van der Waals surface area (Å²) in [6, 6.07) is 18.1. The van der Waals surface area contributed by atoms with Gasteiger partial charge in [-0.15, -0.1) is 0 Å². The molecule has 0 saturated heterocycles. The van der Waals surface area contributed by atoms with E-state index in [2.05, 4.69) is 0 Å². The normalized spacial score (nSPS) is 11.5. The van der Waals surface area contributed by atoms with Crippen LogP contribution in [0.2, 0.25) is 0 Å². The summed E-state index contributed by atoms with van der Waals surface area (Å²) in [7, 11) is 1.45. The highest BCUT2D eigenvalue weighted by molar-refractivity contribution is 6.24. The monoisotopic (exact) mass is 320 g/mol. The summed E-state index contributed by atoms with van der Waals surface area (Å²) in [4.78, 5) is 11.8. The average molecular weight is 320 g/mol. The Balaban J connectivity index is 2.23. The van der Waals surface area contributed by atoms with Crippen molar-refractivity contribution >= 4 is 28.4 Å². The molecule has 0 fully saturated rings. The lowest BCUT2D eigenvalue weighted by atomic mass is 9.96. The van der Waals surface area contributed by atoms with Crippen molar-refractivity contribution in [2.75, 3.05) is 7.11 Å². The number of aliphatic carboxylic acids is 1. The first-order valence-electron chi connectivity index (χ1n) is 7.41. The fourth-order valence-corrected chi connectivity index (χ4v) is 2.69. The van der Waals surface area contributed by atoms with Gasteiger partial charge in [0, 0.05) is 5.56 Å². The van der Waals surface area contributed by atoms with E-state index in [1.54, 1.807) is 24.3 Å². The van der Waals surface area contributed by atoms with Crippen LogP contribution in [0.3, 0.4) is 0 Å². The van der Waals surface area contributed by atoms with Crippen LogP contribution >= 0.6 is 0 Å². The van der Waals surface area contributed by atoms with E-state index in [1.165, 1.54) is 13.2 Å². The average Bonchev–Trinajstić information content (AvgIpc) is 2.60. The molecular weight excluding hydrogens is 304 g/mol. The van der Waals surface area contributed by atoms with Crippen LogP contribution in [0.4, 0.5) is 0 Å². The van der Waals surface area contributed by atoms with Crippen molar-refractivity contribution < 1.29 is 19.7 Å². The number of phenolic OH excluding ortho intramolecular Hbond substituents is 1. The molecule has 3 aromatic carbocycles. The number of carboxylic acids is 1. The molecule has 0 atom stereocenters. The van der Waals surface area contributed by atoms with Gasteiger partial charge in [0.15, 0.2) is 11.5 Å². The summed E-state index contributed by atoms with van der Waals surface area (Å²) in [5, 5.41) is 21.7. The zero-order valence-electron chi connectivity index (χ0n) is 13.1. The topological polar surface area (TPSA) is 66.8 Å². The van der Waals surface area contributed by atoms with Gasteiger partial charge in [-0.1, -0.05) is 54.6 Å². The smallest absolute Gasteiger partial charge is 0.336 e. The van der Waals surface area contributed by atoms with Crippen molar-refractivity contribution in [3.8, 4) is 11.5 Å². The van der Waals surface area contributed by atoms with E-state index in [4.69, 9.17) is 4.74 Å². The maximum atomic E-state index is 11.8. The molecule has 0 aliphatic rings. The van der Waals surface area contributed by atoms with Crippen LogP contribution in [0.1, 0.15) is 11.1 Å². The van der Waals surface area contributed by atoms with Crippen molar-refractivity contribution in [2.45, 2.75) is 0 Å². The first-order chi connectivity index (χ1) is 11.6. The number of hydrogen-bond donors (Lipinski definition) is 2. The van der Waals surface area contributed by atoms with E-state index in [1.807, 2.05) is 36.4 Å². The van der Waals surface area contributed by atoms with Gasteiger partial charge >= 0.3 is 5.97 Å². The molecule has 0 unspecified atom stereocenters. The molecule has 24 heavy (non-hydrogen) atoms. The summed E-state index contributed by atoms with van der Waals surface area (Å²) in [5.41, 5.74) is 1.10. The quantitative estimate of drug-likeness (QED) is 0.559. The number of para-hydroxylation sites is 1. The summed E-state index contributed by atoms with van der Waals surface area (Å²) < 4.78 is 5.08. The second kappa shape index (κ2) is 6.46. The molecule has 4 nitrogen and oxygen atoms in total. The molecule has 0 bridgehead atoms. The number of ether oxygens (including phenoxy) is 1. The lowest BCUT2D eigenvalue weighted by molar-refractivity contribution is -0.130. The molecule has 0 aromatic heterocycles. The molecule has 0 aliphatic carbocycles. The number of carbonyl (C=O) groups is 1. The molecule has 0 saturated carbocycles. The maximum absolute atomic E-state index is 11.8. The zero-order chi connectivity index (χ0) is 17.1. The molecule has 120 valence electrons. The first-order valence-corrected chi connectivity index (χ1v) is 7.41. The van der Waals surface area contributed by atoms with Gasteiger partial charge in [-0.05, 0) is 28.5 Å². The lowest BCUT2D eigenvalue weighted by Crippen LogP contribution is -2.00. The number of benzene rings is 3. The van der Waals surface area contributed by atoms with E-state index in [-0.39, 0.29) is 11.3 Å². The highest BCUT2D eigenvalue weighted by atomic mass is 16.5. The predicted octanol–water partition coefficient (Wildman–Crippen LogP) is 4.18. The Labute approximate surface area is 139 Å². The van der Waals surface area contributed by atoms with Gasteiger partial charge in [0.2, 0.25) is 0 Å². The Morgan fingerprint density at radius 3 is 2.46 bits per heavy atom. The van der Waals surface area contributed by atoms with Crippen molar-refractivity contribution in [1.82, 2.24) is 0 Å². The Morgan fingerprint density at radius 2 is 1.71 bits per heavy atom. The minimum Gasteiger partial charge on any atom is -0.504 e.